The molecule has 0 atom stereocenters. The van der Waals surface area contributed by atoms with Crippen molar-refractivity contribution in [3.8, 4) is 0 Å². The van der Waals surface area contributed by atoms with Gasteiger partial charge in [0.05, 0.1) is 0 Å². The summed E-state index contributed by atoms with van der Waals surface area (Å²) in [6, 6.07) is 0. The number of ether oxygens (including phenoxy) is 1. The molecule has 0 aliphatic rings. The van der Waals surface area contributed by atoms with Gasteiger partial charge in [0, 0.05) is 6.61 Å². The Balaban J connectivity index is 3.75. The summed E-state index contributed by atoms with van der Waals surface area (Å²) < 4.78 is 5.61. The van der Waals surface area contributed by atoms with Crippen LogP contribution >= 0.6 is 0 Å². The molecule has 0 fully saturated rings. The molecule has 0 rings (SSSR count). The Morgan fingerprint density at radius 3 is 2.15 bits per heavy atom. The molecule has 0 saturated carbocycles. The predicted octanol–water partition coefficient (Wildman–Crippen LogP) is 2.95. The smallest absolute Gasteiger partial charge is 0.151 e. The van der Waals surface area contributed by atoms with Crippen LogP contribution in [0.15, 0.2) is 0 Å². The Hall–Kier alpha value is -0.370. The Kier molecular flexibility index (Phi) is 6.87. The van der Waals surface area contributed by atoms with Gasteiger partial charge < -0.3 is 9.53 Å². The molecule has 0 amide bonds. The lowest BCUT2D eigenvalue weighted by Crippen LogP contribution is -2.33. The second-order valence-electron chi connectivity index (χ2n) is 3.45. The van der Waals surface area contributed by atoms with Crippen LogP contribution in [-0.4, -0.2) is 18.5 Å². The summed E-state index contributed by atoms with van der Waals surface area (Å²) in [5.74, 6) is 0. The number of unbranched alkanes of at least 4 members (excludes halogenated alkanes) is 2. The summed E-state index contributed by atoms with van der Waals surface area (Å²) in [6.07, 6.45) is 5.95. The quantitative estimate of drug-likeness (QED) is 0.430. The first kappa shape index (κ1) is 12.6. The minimum atomic E-state index is -0.506. The molecule has 0 aromatic heterocycles. The summed E-state index contributed by atoms with van der Waals surface area (Å²) in [5, 5.41) is 0. The third kappa shape index (κ3) is 4.41. The maximum Gasteiger partial charge on any atom is 0.151 e. The van der Waals surface area contributed by atoms with E-state index < -0.39 is 5.60 Å². The third-order valence-corrected chi connectivity index (χ3v) is 2.55. The van der Waals surface area contributed by atoms with Gasteiger partial charge in [0.25, 0.3) is 0 Å². The molecule has 0 heterocycles. The topological polar surface area (TPSA) is 26.3 Å². The van der Waals surface area contributed by atoms with Gasteiger partial charge in [-0.3, -0.25) is 0 Å². The molecule has 78 valence electrons. The number of hydrogen-bond donors (Lipinski definition) is 0. The highest BCUT2D eigenvalue weighted by Crippen LogP contribution is 2.18. The van der Waals surface area contributed by atoms with Gasteiger partial charge in [0.2, 0.25) is 0 Å². The summed E-state index contributed by atoms with van der Waals surface area (Å²) >= 11 is 0. The molecule has 0 bridgehead atoms. The fraction of sp³-hybridized carbons (Fsp3) is 0.909. The van der Waals surface area contributed by atoms with Crippen molar-refractivity contribution in [3.05, 3.63) is 0 Å². The highest BCUT2D eigenvalue weighted by molar-refractivity contribution is 5.62. The largest absolute Gasteiger partial charge is 0.368 e. The lowest BCUT2D eigenvalue weighted by atomic mass is 9.99. The maximum atomic E-state index is 10.8. The molecule has 2 heteroatoms. The summed E-state index contributed by atoms with van der Waals surface area (Å²) in [4.78, 5) is 10.8. The molecule has 0 spiro atoms. The van der Waals surface area contributed by atoms with Gasteiger partial charge in [-0.1, -0.05) is 33.6 Å². The van der Waals surface area contributed by atoms with Gasteiger partial charge in [-0.05, 0) is 19.3 Å². The van der Waals surface area contributed by atoms with Crippen molar-refractivity contribution in [3.63, 3.8) is 0 Å². The van der Waals surface area contributed by atoms with Crippen LogP contribution in [0.3, 0.4) is 0 Å². The number of rotatable bonds is 8. The molecule has 13 heavy (non-hydrogen) atoms. The van der Waals surface area contributed by atoms with Crippen LogP contribution in [-0.2, 0) is 9.53 Å². The first-order valence-electron chi connectivity index (χ1n) is 5.35. The van der Waals surface area contributed by atoms with Crippen molar-refractivity contribution in [2.75, 3.05) is 6.61 Å². The number of carbonyl (C=O) groups excluding carboxylic acids is 1. The zero-order chi connectivity index (χ0) is 10.2. The highest BCUT2D eigenvalue weighted by atomic mass is 16.5. The Morgan fingerprint density at radius 2 is 1.77 bits per heavy atom. The number of hydrogen-bond acceptors (Lipinski definition) is 2. The van der Waals surface area contributed by atoms with Gasteiger partial charge in [0.1, 0.15) is 5.60 Å². The van der Waals surface area contributed by atoms with E-state index in [0.717, 1.165) is 25.5 Å². The fourth-order valence-corrected chi connectivity index (χ4v) is 1.28. The lowest BCUT2D eigenvalue weighted by Gasteiger charge is -2.25. The van der Waals surface area contributed by atoms with E-state index in [9.17, 15) is 4.79 Å². The second-order valence-corrected chi connectivity index (χ2v) is 3.45. The highest BCUT2D eigenvalue weighted by Gasteiger charge is 2.25. The third-order valence-electron chi connectivity index (χ3n) is 2.55. The summed E-state index contributed by atoms with van der Waals surface area (Å²) in [5.41, 5.74) is -0.506. The Morgan fingerprint density at radius 1 is 1.15 bits per heavy atom. The van der Waals surface area contributed by atoms with Crippen molar-refractivity contribution in [1.29, 1.82) is 0 Å². The van der Waals surface area contributed by atoms with Crippen LogP contribution in [0.4, 0.5) is 0 Å². The average Bonchev–Trinajstić information content (AvgIpc) is 2.20. The van der Waals surface area contributed by atoms with Gasteiger partial charge >= 0.3 is 0 Å². The summed E-state index contributed by atoms with van der Waals surface area (Å²) in [7, 11) is 0. The van der Waals surface area contributed by atoms with Crippen molar-refractivity contribution in [2.24, 2.45) is 0 Å². The lowest BCUT2D eigenvalue weighted by molar-refractivity contribution is -0.132. The van der Waals surface area contributed by atoms with Gasteiger partial charge in [-0.25, -0.2) is 0 Å². The molecule has 2 nitrogen and oxygen atoms in total. The molecule has 0 saturated heterocycles. The standard InChI is InChI=1S/C11H22O2/c1-4-7-8-9-13-11(5-2,6-3)10-12/h10H,4-9H2,1-3H3. The van der Waals surface area contributed by atoms with E-state index in [1.807, 2.05) is 13.8 Å². The molecule has 0 aliphatic carbocycles. The number of carbonyl (C=O) groups is 1. The molecule has 0 N–H and O–H groups in total. The summed E-state index contributed by atoms with van der Waals surface area (Å²) in [6.45, 7) is 6.87. The van der Waals surface area contributed by atoms with Crippen molar-refractivity contribution < 1.29 is 9.53 Å². The van der Waals surface area contributed by atoms with E-state index in [4.69, 9.17) is 4.74 Å². The zero-order valence-corrected chi connectivity index (χ0v) is 9.14. The van der Waals surface area contributed by atoms with Crippen LogP contribution in [0.1, 0.15) is 52.9 Å². The monoisotopic (exact) mass is 186 g/mol. The minimum Gasteiger partial charge on any atom is -0.368 e. The van der Waals surface area contributed by atoms with E-state index in [-0.39, 0.29) is 0 Å². The second kappa shape index (κ2) is 7.07. The van der Waals surface area contributed by atoms with E-state index in [1.54, 1.807) is 0 Å². The van der Waals surface area contributed by atoms with Gasteiger partial charge in [0.15, 0.2) is 6.29 Å². The van der Waals surface area contributed by atoms with Crippen LogP contribution in [0.25, 0.3) is 0 Å². The Bertz CT molecular complexity index is 128. The van der Waals surface area contributed by atoms with Crippen LogP contribution in [0, 0.1) is 0 Å². The molecular formula is C11H22O2. The van der Waals surface area contributed by atoms with Crippen molar-refractivity contribution in [2.45, 2.75) is 58.5 Å². The molecule has 0 aliphatic heterocycles. The van der Waals surface area contributed by atoms with E-state index >= 15 is 0 Å². The minimum absolute atomic E-state index is 0.506. The van der Waals surface area contributed by atoms with E-state index in [1.165, 1.54) is 12.8 Å². The molecule has 0 radical (unpaired) electrons. The molecule has 0 aromatic rings. The molecule has 0 unspecified atom stereocenters. The van der Waals surface area contributed by atoms with Crippen LogP contribution in [0.2, 0.25) is 0 Å². The van der Waals surface area contributed by atoms with Crippen LogP contribution < -0.4 is 0 Å². The zero-order valence-electron chi connectivity index (χ0n) is 9.14. The van der Waals surface area contributed by atoms with Crippen molar-refractivity contribution >= 4 is 6.29 Å². The molecular weight excluding hydrogens is 164 g/mol. The van der Waals surface area contributed by atoms with Crippen molar-refractivity contribution in [1.82, 2.24) is 0 Å². The average molecular weight is 186 g/mol. The van der Waals surface area contributed by atoms with Gasteiger partial charge in [-0.2, -0.15) is 0 Å². The first-order valence-corrected chi connectivity index (χ1v) is 5.35. The predicted molar refractivity (Wildman–Crippen MR) is 54.9 cm³/mol. The Labute approximate surface area is 81.7 Å². The normalized spacial score (nSPS) is 11.6. The fourth-order valence-electron chi connectivity index (χ4n) is 1.28. The van der Waals surface area contributed by atoms with E-state index in [0.29, 0.717) is 6.61 Å². The first-order chi connectivity index (χ1) is 6.24. The van der Waals surface area contributed by atoms with Gasteiger partial charge in [-0.15, -0.1) is 0 Å². The maximum absolute atomic E-state index is 10.8. The van der Waals surface area contributed by atoms with Crippen LogP contribution in [0.5, 0.6) is 0 Å². The molecule has 0 aromatic carbocycles. The van der Waals surface area contributed by atoms with E-state index in [2.05, 4.69) is 6.92 Å². The number of aldehydes is 1. The SMILES string of the molecule is CCCCCOC(C=O)(CC)CC.